The number of esters is 2. The largest absolute Gasteiger partial charge is 0.504 e. The van der Waals surface area contributed by atoms with Crippen LogP contribution in [0.3, 0.4) is 0 Å². The molecule has 3 atom stereocenters. The molecule has 0 radical (unpaired) electrons. The summed E-state index contributed by atoms with van der Waals surface area (Å²) >= 11 is 0. The Bertz CT molecular complexity index is 1150. The number of ether oxygens (including phenoxy) is 2. The molecule has 0 fully saturated rings. The van der Waals surface area contributed by atoms with E-state index in [4.69, 9.17) is 9.47 Å². The first kappa shape index (κ1) is 24.0. The van der Waals surface area contributed by atoms with Gasteiger partial charge < -0.3 is 50.3 Å². The molecule has 1 aliphatic carbocycles. The lowest BCUT2D eigenvalue weighted by Gasteiger charge is -2.33. The van der Waals surface area contributed by atoms with E-state index < -0.39 is 88.3 Å². The van der Waals surface area contributed by atoms with Crippen LogP contribution < -0.4 is 0 Å². The summed E-state index contributed by atoms with van der Waals surface area (Å²) in [5.41, 5.74) is -1.27. The maximum Gasteiger partial charge on any atom is 0.338 e. The normalized spacial score (nSPS) is 19.7. The maximum absolute atomic E-state index is 12.5. The molecule has 0 aromatic heterocycles. The standard InChI is InChI=1S/C21H18O13/c22-10-2-8(3-11(23)16(10)27)20(31)33-15-6-7(19(29)30)1-14(26)18(15)34-21(32)9-4-12(24)17(28)13(25)5-9/h1-5,14-15,18,22-28H,6H2,(H,29,30)/t14-,15-,18-/m1/s1. The number of hydrogen-bond donors (Lipinski definition) is 8. The van der Waals surface area contributed by atoms with Crippen LogP contribution in [0.1, 0.15) is 27.1 Å². The first-order chi connectivity index (χ1) is 15.9. The summed E-state index contributed by atoms with van der Waals surface area (Å²) in [6, 6.07) is 3.03. The molecule has 3 rings (SSSR count). The van der Waals surface area contributed by atoms with Gasteiger partial charge in [-0.3, -0.25) is 0 Å². The number of aromatic hydroxyl groups is 6. The zero-order valence-electron chi connectivity index (χ0n) is 16.9. The molecular weight excluding hydrogens is 460 g/mol. The van der Waals surface area contributed by atoms with Crippen molar-refractivity contribution in [3.05, 3.63) is 47.0 Å². The number of carbonyl (C=O) groups is 3. The predicted octanol–water partition coefficient (Wildman–Crippen LogP) is 0.447. The third kappa shape index (κ3) is 4.73. The molecule has 34 heavy (non-hydrogen) atoms. The lowest BCUT2D eigenvalue weighted by atomic mass is 9.91. The Morgan fingerprint density at radius 3 is 1.56 bits per heavy atom. The molecule has 8 N–H and O–H groups in total. The molecule has 1 aliphatic rings. The van der Waals surface area contributed by atoms with E-state index in [-0.39, 0.29) is 5.57 Å². The number of carbonyl (C=O) groups excluding carboxylic acids is 2. The number of aliphatic hydroxyl groups is 1. The van der Waals surface area contributed by atoms with Crippen LogP contribution in [-0.4, -0.2) is 77.1 Å². The molecular formula is C21H18O13. The number of phenols is 6. The minimum Gasteiger partial charge on any atom is -0.504 e. The Morgan fingerprint density at radius 2 is 1.15 bits per heavy atom. The predicted molar refractivity (Wildman–Crippen MR) is 108 cm³/mol. The molecule has 0 bridgehead atoms. The van der Waals surface area contributed by atoms with Gasteiger partial charge in [-0.1, -0.05) is 0 Å². The smallest absolute Gasteiger partial charge is 0.338 e. The van der Waals surface area contributed by atoms with Gasteiger partial charge in [0.2, 0.25) is 0 Å². The van der Waals surface area contributed by atoms with Crippen molar-refractivity contribution in [1.82, 2.24) is 0 Å². The number of aliphatic hydroxyl groups excluding tert-OH is 1. The Balaban J connectivity index is 1.89. The van der Waals surface area contributed by atoms with Crippen LogP contribution in [-0.2, 0) is 14.3 Å². The second kappa shape index (κ2) is 9.07. The number of aliphatic carboxylic acids is 1. The third-order valence-corrected chi connectivity index (χ3v) is 4.88. The average Bonchev–Trinajstić information content (AvgIpc) is 2.76. The highest BCUT2D eigenvalue weighted by atomic mass is 16.6. The summed E-state index contributed by atoms with van der Waals surface area (Å²) in [5, 5.41) is 76.7. The van der Waals surface area contributed by atoms with Crippen molar-refractivity contribution in [2.45, 2.75) is 24.7 Å². The molecule has 0 saturated carbocycles. The van der Waals surface area contributed by atoms with Crippen LogP contribution in [0.4, 0.5) is 0 Å². The highest BCUT2D eigenvalue weighted by molar-refractivity contribution is 5.93. The monoisotopic (exact) mass is 478 g/mol. The summed E-state index contributed by atoms with van der Waals surface area (Å²) in [6.07, 6.45) is -4.63. The Hall–Kier alpha value is -4.65. The molecule has 13 heteroatoms. The summed E-state index contributed by atoms with van der Waals surface area (Å²) in [5.74, 6) is -9.09. The van der Waals surface area contributed by atoms with Crippen LogP contribution in [0.15, 0.2) is 35.9 Å². The molecule has 0 aliphatic heterocycles. The van der Waals surface area contributed by atoms with E-state index in [0.717, 1.165) is 30.3 Å². The van der Waals surface area contributed by atoms with E-state index in [1.54, 1.807) is 0 Å². The van der Waals surface area contributed by atoms with Crippen molar-refractivity contribution < 1.29 is 64.7 Å². The van der Waals surface area contributed by atoms with Gasteiger partial charge in [-0.25, -0.2) is 14.4 Å². The number of phenolic OH excluding ortho intramolecular Hbond substituents is 6. The molecule has 180 valence electrons. The molecule has 0 amide bonds. The quantitative estimate of drug-likeness (QED) is 0.216. The molecule has 2 aromatic carbocycles. The number of rotatable bonds is 5. The van der Waals surface area contributed by atoms with Crippen molar-refractivity contribution in [2.24, 2.45) is 0 Å². The highest BCUT2D eigenvalue weighted by Crippen LogP contribution is 2.37. The zero-order valence-corrected chi connectivity index (χ0v) is 16.9. The molecule has 0 unspecified atom stereocenters. The van der Waals surface area contributed by atoms with Crippen LogP contribution >= 0.6 is 0 Å². The van der Waals surface area contributed by atoms with E-state index in [1.807, 2.05) is 0 Å². The SMILES string of the molecule is O=C(O)C1=C[C@@H](O)[C@@H](OC(=O)c2cc(O)c(O)c(O)c2)[C@H](OC(=O)c2cc(O)c(O)c(O)c2)C1. The minimum absolute atomic E-state index is 0.367. The van der Waals surface area contributed by atoms with Crippen molar-refractivity contribution in [2.75, 3.05) is 0 Å². The van der Waals surface area contributed by atoms with Crippen LogP contribution in [0.25, 0.3) is 0 Å². The summed E-state index contributed by atoms with van der Waals surface area (Å²) in [6.45, 7) is 0. The maximum atomic E-state index is 12.5. The van der Waals surface area contributed by atoms with E-state index in [2.05, 4.69) is 0 Å². The lowest BCUT2D eigenvalue weighted by Crippen LogP contribution is -2.46. The first-order valence-corrected chi connectivity index (χ1v) is 9.43. The molecule has 2 aromatic rings. The first-order valence-electron chi connectivity index (χ1n) is 9.43. The van der Waals surface area contributed by atoms with E-state index >= 15 is 0 Å². The van der Waals surface area contributed by atoms with Gasteiger partial charge in [-0.2, -0.15) is 0 Å². The lowest BCUT2D eigenvalue weighted by molar-refractivity contribution is -0.134. The third-order valence-electron chi connectivity index (χ3n) is 4.88. The number of hydrogen-bond acceptors (Lipinski definition) is 12. The van der Waals surface area contributed by atoms with Crippen molar-refractivity contribution in [3.63, 3.8) is 0 Å². The van der Waals surface area contributed by atoms with Gasteiger partial charge in [0.05, 0.1) is 11.1 Å². The topological polar surface area (TPSA) is 232 Å². The second-order valence-electron chi connectivity index (χ2n) is 7.23. The van der Waals surface area contributed by atoms with Crippen LogP contribution in [0, 0.1) is 0 Å². The fourth-order valence-electron chi connectivity index (χ4n) is 3.18. The Morgan fingerprint density at radius 1 is 0.735 bits per heavy atom. The van der Waals surface area contributed by atoms with Gasteiger partial charge in [0.15, 0.2) is 40.6 Å². The zero-order chi connectivity index (χ0) is 25.3. The van der Waals surface area contributed by atoms with Gasteiger partial charge in [0.1, 0.15) is 12.2 Å². The van der Waals surface area contributed by atoms with Gasteiger partial charge in [-0.15, -0.1) is 0 Å². The molecule has 0 saturated heterocycles. The fraction of sp³-hybridized carbons (Fsp3) is 0.190. The molecule has 13 nitrogen and oxygen atoms in total. The van der Waals surface area contributed by atoms with Crippen molar-refractivity contribution in [1.29, 1.82) is 0 Å². The van der Waals surface area contributed by atoms with Crippen molar-refractivity contribution >= 4 is 17.9 Å². The molecule has 0 heterocycles. The van der Waals surface area contributed by atoms with Crippen LogP contribution in [0.2, 0.25) is 0 Å². The van der Waals surface area contributed by atoms with Crippen LogP contribution in [0.5, 0.6) is 34.5 Å². The summed E-state index contributed by atoms with van der Waals surface area (Å²) in [7, 11) is 0. The van der Waals surface area contributed by atoms with E-state index in [1.165, 1.54) is 0 Å². The molecule has 0 spiro atoms. The van der Waals surface area contributed by atoms with Crippen molar-refractivity contribution in [3.8, 4) is 34.5 Å². The van der Waals surface area contributed by atoms with Gasteiger partial charge in [0, 0.05) is 12.0 Å². The van der Waals surface area contributed by atoms with Gasteiger partial charge in [-0.05, 0) is 30.3 Å². The number of carboxylic acids is 1. The number of benzene rings is 2. The minimum atomic E-state index is -1.76. The second-order valence-corrected chi connectivity index (χ2v) is 7.23. The van der Waals surface area contributed by atoms with E-state index in [9.17, 15) is 55.2 Å². The van der Waals surface area contributed by atoms with Gasteiger partial charge >= 0.3 is 17.9 Å². The Kier molecular flexibility index (Phi) is 6.40. The van der Waals surface area contributed by atoms with E-state index in [0.29, 0.717) is 0 Å². The summed E-state index contributed by atoms with van der Waals surface area (Å²) in [4.78, 5) is 36.4. The average molecular weight is 478 g/mol. The highest BCUT2D eigenvalue weighted by Gasteiger charge is 2.40. The fourth-order valence-corrected chi connectivity index (χ4v) is 3.18. The Labute approximate surface area is 189 Å². The summed E-state index contributed by atoms with van der Waals surface area (Å²) < 4.78 is 10.3. The van der Waals surface area contributed by atoms with Gasteiger partial charge in [0.25, 0.3) is 0 Å². The number of carboxylic acid groups (broad SMARTS) is 1.